The molecule has 0 aliphatic carbocycles. The van der Waals surface area contributed by atoms with Crippen LogP contribution < -0.4 is 26.7 Å². The number of primary amides is 1. The molecule has 8 nitrogen and oxygen atoms in total. The van der Waals surface area contributed by atoms with Crippen LogP contribution in [0.25, 0.3) is 17.3 Å². The van der Waals surface area contributed by atoms with Crippen LogP contribution in [-0.2, 0) is 9.59 Å². The highest BCUT2D eigenvalue weighted by molar-refractivity contribution is 8.17. The first-order valence-electron chi connectivity index (χ1n) is 9.34. The van der Waals surface area contributed by atoms with Gasteiger partial charge in [0.1, 0.15) is 6.73 Å². The van der Waals surface area contributed by atoms with Crippen molar-refractivity contribution in [2.24, 2.45) is 11.5 Å². The molecule has 0 fully saturated rings. The number of rotatable bonds is 9. The first-order chi connectivity index (χ1) is 14.2. The number of pyridine rings is 1. The Balaban J connectivity index is 2.39. The molecule has 0 saturated carbocycles. The Morgan fingerprint density at radius 1 is 1.30 bits per heavy atom. The number of carbonyl (C=O) groups is 2. The lowest BCUT2D eigenvalue weighted by Gasteiger charge is -2.18. The lowest BCUT2D eigenvalue weighted by atomic mass is 10.1. The van der Waals surface area contributed by atoms with Crippen molar-refractivity contribution in [2.45, 2.75) is 33.3 Å². The first-order valence-corrected chi connectivity index (χ1v) is 10.2. The number of hydrogen-bond acceptors (Lipinski definition) is 8. The van der Waals surface area contributed by atoms with E-state index < -0.39 is 5.91 Å². The van der Waals surface area contributed by atoms with Crippen LogP contribution >= 0.6 is 11.8 Å². The summed E-state index contributed by atoms with van der Waals surface area (Å²) < 4.78 is 11.4. The van der Waals surface area contributed by atoms with E-state index in [-0.39, 0.29) is 22.9 Å². The van der Waals surface area contributed by atoms with Crippen LogP contribution in [-0.4, -0.2) is 28.8 Å². The minimum Gasteiger partial charge on any atom is -0.487 e. The third kappa shape index (κ3) is 6.23. The monoisotopic (exact) mass is 430 g/mol. The zero-order valence-electron chi connectivity index (χ0n) is 17.2. The average Bonchev–Trinajstić information content (AvgIpc) is 2.69. The fourth-order valence-electron chi connectivity index (χ4n) is 2.52. The SMILES string of the molecule is CCC(C)Oc1cc(-c2ccc(/C=C(\SC(C)=O)C(N)=O)cn2)cc(N)c1OCN. The van der Waals surface area contributed by atoms with E-state index in [1.54, 1.807) is 30.5 Å². The summed E-state index contributed by atoms with van der Waals surface area (Å²) in [6.07, 6.45) is 3.88. The Hall–Kier alpha value is -3.04. The maximum Gasteiger partial charge on any atom is 0.255 e. The summed E-state index contributed by atoms with van der Waals surface area (Å²) in [5.41, 5.74) is 19.4. The standard InChI is InChI=1S/C21H26N4O4S/c1-4-12(2)29-18-9-15(8-16(23)20(18)28-11-22)17-6-5-14(10-25-17)7-19(21(24)27)30-13(3)26/h5-10,12H,4,11,22-23H2,1-3H3,(H2,24,27)/b19-7-. The highest BCUT2D eigenvalue weighted by Crippen LogP contribution is 2.38. The van der Waals surface area contributed by atoms with E-state index in [0.29, 0.717) is 28.4 Å². The average molecular weight is 431 g/mol. The quantitative estimate of drug-likeness (QED) is 0.313. The lowest BCUT2D eigenvalue weighted by Crippen LogP contribution is -2.14. The Morgan fingerprint density at radius 3 is 2.57 bits per heavy atom. The van der Waals surface area contributed by atoms with Gasteiger partial charge in [-0.3, -0.25) is 20.3 Å². The number of carbonyl (C=O) groups excluding carboxylic acids is 2. The third-order valence-electron chi connectivity index (χ3n) is 4.09. The molecule has 2 aromatic rings. The van der Waals surface area contributed by atoms with Crippen LogP contribution in [0, 0.1) is 0 Å². The molecule has 1 aromatic carbocycles. The molecule has 0 bridgehead atoms. The van der Waals surface area contributed by atoms with Crippen molar-refractivity contribution >= 4 is 34.5 Å². The number of ether oxygens (including phenoxy) is 2. The van der Waals surface area contributed by atoms with Crippen LogP contribution in [0.4, 0.5) is 5.69 Å². The summed E-state index contributed by atoms with van der Waals surface area (Å²) in [7, 11) is 0. The smallest absolute Gasteiger partial charge is 0.255 e. The predicted octanol–water partition coefficient (Wildman–Crippen LogP) is 2.91. The number of amides is 1. The number of hydrogen-bond donors (Lipinski definition) is 3. The van der Waals surface area contributed by atoms with Crippen LogP contribution in [0.15, 0.2) is 35.4 Å². The van der Waals surface area contributed by atoms with E-state index in [1.807, 2.05) is 13.8 Å². The molecule has 1 amide bonds. The van der Waals surface area contributed by atoms with Crippen molar-refractivity contribution in [1.29, 1.82) is 0 Å². The molecule has 0 spiro atoms. The van der Waals surface area contributed by atoms with Crippen LogP contribution in [0.3, 0.4) is 0 Å². The number of nitrogen functional groups attached to an aromatic ring is 1. The van der Waals surface area contributed by atoms with Crippen molar-refractivity contribution in [3.05, 3.63) is 40.9 Å². The highest BCUT2D eigenvalue weighted by Gasteiger charge is 2.16. The van der Waals surface area contributed by atoms with Crippen molar-refractivity contribution in [2.75, 3.05) is 12.5 Å². The van der Waals surface area contributed by atoms with E-state index in [2.05, 4.69) is 4.98 Å². The largest absolute Gasteiger partial charge is 0.487 e. The molecule has 1 aromatic heterocycles. The van der Waals surface area contributed by atoms with Gasteiger partial charge < -0.3 is 20.9 Å². The van der Waals surface area contributed by atoms with Gasteiger partial charge in [0, 0.05) is 18.7 Å². The van der Waals surface area contributed by atoms with Gasteiger partial charge in [0.15, 0.2) is 16.6 Å². The van der Waals surface area contributed by atoms with Gasteiger partial charge in [0.2, 0.25) is 0 Å². The van der Waals surface area contributed by atoms with E-state index in [4.69, 9.17) is 26.7 Å². The minimum atomic E-state index is -0.672. The van der Waals surface area contributed by atoms with Crippen molar-refractivity contribution in [3.63, 3.8) is 0 Å². The topological polar surface area (TPSA) is 144 Å². The van der Waals surface area contributed by atoms with E-state index in [9.17, 15) is 9.59 Å². The summed E-state index contributed by atoms with van der Waals surface area (Å²) >= 11 is 0.784. The molecule has 0 saturated heterocycles. The maximum atomic E-state index is 11.5. The molecule has 0 aliphatic heterocycles. The van der Waals surface area contributed by atoms with Gasteiger partial charge >= 0.3 is 0 Å². The van der Waals surface area contributed by atoms with Gasteiger partial charge in [-0.15, -0.1) is 0 Å². The second-order valence-electron chi connectivity index (χ2n) is 6.48. The predicted molar refractivity (Wildman–Crippen MR) is 120 cm³/mol. The third-order valence-corrected chi connectivity index (χ3v) is 4.92. The van der Waals surface area contributed by atoms with Crippen LogP contribution in [0.2, 0.25) is 0 Å². The summed E-state index contributed by atoms with van der Waals surface area (Å²) in [6, 6.07) is 7.06. The number of benzene rings is 1. The fraction of sp³-hybridized carbons (Fsp3) is 0.286. The Kier molecular flexibility index (Phi) is 8.25. The molecular weight excluding hydrogens is 404 g/mol. The van der Waals surface area contributed by atoms with Gasteiger partial charge in [-0.2, -0.15) is 0 Å². The van der Waals surface area contributed by atoms with Gasteiger partial charge in [-0.25, -0.2) is 0 Å². The highest BCUT2D eigenvalue weighted by atomic mass is 32.2. The summed E-state index contributed by atoms with van der Waals surface area (Å²) in [5.74, 6) is 0.215. The number of nitrogens with two attached hydrogens (primary N) is 3. The van der Waals surface area contributed by atoms with Crippen molar-refractivity contribution in [3.8, 4) is 22.8 Å². The molecule has 9 heteroatoms. The number of thioether (sulfide) groups is 1. The van der Waals surface area contributed by atoms with Gasteiger partial charge in [0.05, 0.1) is 22.4 Å². The molecule has 30 heavy (non-hydrogen) atoms. The molecule has 1 atom stereocenters. The molecule has 1 heterocycles. The van der Waals surface area contributed by atoms with Crippen LogP contribution in [0.5, 0.6) is 11.5 Å². The van der Waals surface area contributed by atoms with Gasteiger partial charge in [0.25, 0.3) is 5.91 Å². The van der Waals surface area contributed by atoms with Crippen LogP contribution in [0.1, 0.15) is 32.8 Å². The number of nitrogens with zero attached hydrogens (tertiary/aromatic N) is 1. The van der Waals surface area contributed by atoms with E-state index in [1.165, 1.54) is 13.0 Å². The summed E-state index contributed by atoms with van der Waals surface area (Å²) in [4.78, 5) is 27.4. The molecular formula is C21H26N4O4S. The van der Waals surface area contributed by atoms with Crippen molar-refractivity contribution < 1.29 is 19.1 Å². The molecule has 160 valence electrons. The van der Waals surface area contributed by atoms with E-state index >= 15 is 0 Å². The molecule has 0 aliphatic rings. The Labute approximate surface area is 179 Å². The minimum absolute atomic E-state index is 0.0276. The number of anilines is 1. The van der Waals surface area contributed by atoms with Crippen molar-refractivity contribution in [1.82, 2.24) is 4.98 Å². The normalized spacial score (nSPS) is 12.3. The second-order valence-corrected chi connectivity index (χ2v) is 7.70. The van der Waals surface area contributed by atoms with Gasteiger partial charge in [-0.1, -0.05) is 13.0 Å². The summed E-state index contributed by atoms with van der Waals surface area (Å²) in [6.45, 7) is 5.30. The molecule has 0 radical (unpaired) electrons. The lowest BCUT2D eigenvalue weighted by molar-refractivity contribution is -0.114. The zero-order chi connectivity index (χ0) is 22.3. The van der Waals surface area contributed by atoms with E-state index in [0.717, 1.165) is 23.7 Å². The molecule has 2 rings (SSSR count). The second kappa shape index (κ2) is 10.7. The molecule has 1 unspecified atom stereocenters. The fourth-order valence-corrected chi connectivity index (χ4v) is 3.12. The maximum absolute atomic E-state index is 11.5. The zero-order valence-corrected chi connectivity index (χ0v) is 18.0. The Morgan fingerprint density at radius 2 is 2.03 bits per heavy atom. The first kappa shape index (κ1) is 23.2. The summed E-state index contributed by atoms with van der Waals surface area (Å²) in [5, 5.41) is -0.228. The number of aromatic nitrogens is 1. The van der Waals surface area contributed by atoms with Gasteiger partial charge in [-0.05, 0) is 54.9 Å². The Bertz CT molecular complexity index is 945. The molecule has 6 N–H and O–H groups in total.